The summed E-state index contributed by atoms with van der Waals surface area (Å²) in [6.45, 7) is 7.22. The fraction of sp³-hybridized carbons (Fsp3) is 0.531. The number of aliphatic hydroxyl groups is 1. The third-order valence-electron chi connectivity index (χ3n) is 7.40. The zero-order valence-corrected chi connectivity index (χ0v) is 24.6. The van der Waals surface area contributed by atoms with Crippen molar-refractivity contribution in [3.63, 3.8) is 0 Å². The van der Waals surface area contributed by atoms with Gasteiger partial charge >= 0.3 is 5.69 Å². The monoisotopic (exact) mass is 567 g/mol. The Morgan fingerprint density at radius 3 is 2.61 bits per heavy atom. The molecule has 0 bridgehead atoms. The average molecular weight is 568 g/mol. The summed E-state index contributed by atoms with van der Waals surface area (Å²) in [5, 5.41) is 23.7. The van der Waals surface area contributed by atoms with Crippen LogP contribution >= 0.6 is 0 Å². The van der Waals surface area contributed by atoms with Gasteiger partial charge in [-0.2, -0.15) is 0 Å². The first-order valence-corrected chi connectivity index (χ1v) is 14.7. The lowest BCUT2D eigenvalue weighted by Crippen LogP contribution is -2.35. The van der Waals surface area contributed by atoms with Crippen LogP contribution in [0.3, 0.4) is 0 Å². The van der Waals surface area contributed by atoms with Crippen molar-refractivity contribution in [2.45, 2.75) is 77.3 Å². The number of rotatable bonds is 16. The van der Waals surface area contributed by atoms with Gasteiger partial charge < -0.3 is 29.7 Å². The highest BCUT2D eigenvalue weighted by Crippen LogP contribution is 2.32. The minimum atomic E-state index is -0.614. The Balaban J connectivity index is 0.997. The number of imidazole rings is 1. The van der Waals surface area contributed by atoms with Crippen LogP contribution < -0.4 is 15.7 Å². The molecule has 4 rings (SSSR count). The van der Waals surface area contributed by atoms with E-state index in [-0.39, 0.29) is 11.6 Å². The van der Waals surface area contributed by atoms with E-state index in [1.807, 2.05) is 50.2 Å². The van der Waals surface area contributed by atoms with Crippen LogP contribution in [0.15, 0.2) is 53.5 Å². The molecule has 0 fully saturated rings. The molecule has 3 aromatic rings. The van der Waals surface area contributed by atoms with Crippen LogP contribution in [0.4, 0.5) is 0 Å². The van der Waals surface area contributed by atoms with Crippen molar-refractivity contribution in [3.05, 3.63) is 75.8 Å². The van der Waals surface area contributed by atoms with Gasteiger partial charge in [0.25, 0.3) is 0 Å². The molecule has 41 heavy (non-hydrogen) atoms. The molecule has 1 aliphatic rings. The summed E-state index contributed by atoms with van der Waals surface area (Å²) in [5.74, 6) is 0.154. The molecule has 2 heterocycles. The van der Waals surface area contributed by atoms with Gasteiger partial charge in [0.15, 0.2) is 0 Å². The van der Waals surface area contributed by atoms with Crippen LogP contribution in [0.5, 0.6) is 11.6 Å². The highest BCUT2D eigenvalue weighted by Gasteiger charge is 2.27. The molecule has 9 heteroatoms. The second kappa shape index (κ2) is 14.7. The first kappa shape index (κ1) is 30.8. The fourth-order valence-electron chi connectivity index (χ4n) is 4.93. The second-order valence-corrected chi connectivity index (χ2v) is 11.2. The van der Waals surface area contributed by atoms with Crippen molar-refractivity contribution in [2.24, 2.45) is 7.05 Å². The van der Waals surface area contributed by atoms with Crippen molar-refractivity contribution in [3.8, 4) is 17.3 Å². The van der Waals surface area contributed by atoms with Crippen LogP contribution in [0, 0.1) is 0 Å². The molecule has 0 radical (unpaired) electrons. The topological polar surface area (TPSA) is 107 Å². The number of hydrogen-bond donors (Lipinski definition) is 3. The minimum Gasteiger partial charge on any atom is -0.493 e. The van der Waals surface area contributed by atoms with Crippen LogP contribution in [-0.2, 0) is 29.5 Å². The lowest BCUT2D eigenvalue weighted by Gasteiger charge is -2.33. The standard InChI is InChI=1S/C32H45N3O6/c1-32(2)40-23-26-20-25(14-15-29(26)41-32)28(36)21-33-16-7-4-5-8-17-39-18-9-6-11-24-12-10-13-27(19-24)35-22-30(37)34(3)31(35)38/h10,12-15,19-20,22,28,33,36-37H,4-9,11,16-18,21,23H2,1-3H3/t28-/m0/s1. The maximum atomic E-state index is 12.2. The van der Waals surface area contributed by atoms with Gasteiger partial charge in [-0.15, -0.1) is 0 Å². The Morgan fingerprint density at radius 2 is 1.83 bits per heavy atom. The Bertz CT molecular complexity index is 1320. The van der Waals surface area contributed by atoms with Crippen LogP contribution in [0.25, 0.3) is 5.69 Å². The van der Waals surface area contributed by atoms with E-state index in [4.69, 9.17) is 14.2 Å². The average Bonchev–Trinajstić information content (AvgIpc) is 3.22. The zero-order valence-electron chi connectivity index (χ0n) is 24.6. The summed E-state index contributed by atoms with van der Waals surface area (Å²) >= 11 is 0. The largest absolute Gasteiger partial charge is 0.493 e. The highest BCUT2D eigenvalue weighted by molar-refractivity contribution is 5.39. The van der Waals surface area contributed by atoms with Gasteiger partial charge in [0, 0.05) is 46.2 Å². The zero-order chi connectivity index (χ0) is 29.2. The summed E-state index contributed by atoms with van der Waals surface area (Å²) in [7, 11) is 1.55. The Labute approximate surface area is 242 Å². The van der Waals surface area contributed by atoms with E-state index in [1.54, 1.807) is 7.05 Å². The van der Waals surface area contributed by atoms with Gasteiger partial charge in [-0.3, -0.25) is 9.13 Å². The molecule has 2 aromatic carbocycles. The van der Waals surface area contributed by atoms with E-state index in [9.17, 15) is 15.0 Å². The number of unbranched alkanes of at least 4 members (excludes halogenated alkanes) is 4. The maximum absolute atomic E-state index is 12.2. The van der Waals surface area contributed by atoms with E-state index in [0.717, 1.165) is 92.8 Å². The number of aromatic nitrogens is 2. The Kier molecular flexibility index (Phi) is 11.0. The number of nitrogens with one attached hydrogen (secondary N) is 1. The molecule has 1 atom stereocenters. The number of hydrogen-bond acceptors (Lipinski definition) is 7. The van der Waals surface area contributed by atoms with Crippen LogP contribution in [0.2, 0.25) is 0 Å². The fourth-order valence-corrected chi connectivity index (χ4v) is 4.93. The van der Waals surface area contributed by atoms with Gasteiger partial charge in [-0.25, -0.2) is 4.79 Å². The van der Waals surface area contributed by atoms with Crippen molar-refractivity contribution in [1.82, 2.24) is 14.5 Å². The quantitative estimate of drug-likeness (QED) is 0.215. The number of aliphatic hydroxyl groups excluding tert-OH is 1. The van der Waals surface area contributed by atoms with E-state index in [1.165, 1.54) is 15.3 Å². The maximum Gasteiger partial charge on any atom is 0.335 e. The van der Waals surface area contributed by atoms with Gasteiger partial charge in [0.1, 0.15) is 5.75 Å². The van der Waals surface area contributed by atoms with Crippen molar-refractivity contribution in [2.75, 3.05) is 26.3 Å². The summed E-state index contributed by atoms with van der Waals surface area (Å²) in [6.07, 6.45) is 8.20. The SMILES string of the molecule is Cn1c(O)cn(-c2cccc(CCCCOCCCCCCNC[C@H](O)c3ccc4c(c3)COC(C)(C)O4)c2)c1=O. The number of fused-ring (bicyclic) bond motifs is 1. The molecule has 0 aliphatic carbocycles. The summed E-state index contributed by atoms with van der Waals surface area (Å²) in [5.41, 5.74) is 3.50. The molecule has 224 valence electrons. The number of aryl methyl sites for hydroxylation is 1. The molecule has 1 aliphatic heterocycles. The van der Waals surface area contributed by atoms with Gasteiger partial charge in [-0.1, -0.05) is 31.0 Å². The molecule has 0 saturated heterocycles. The molecule has 3 N–H and O–H groups in total. The van der Waals surface area contributed by atoms with E-state index < -0.39 is 11.9 Å². The molecule has 1 aromatic heterocycles. The number of nitrogens with zero attached hydrogens (tertiary/aromatic N) is 2. The molecule has 0 spiro atoms. The lowest BCUT2D eigenvalue weighted by molar-refractivity contribution is -0.180. The van der Waals surface area contributed by atoms with Crippen LogP contribution in [-0.4, -0.2) is 51.4 Å². The normalized spacial score (nSPS) is 14.9. The molecule has 0 amide bonds. The second-order valence-electron chi connectivity index (χ2n) is 11.2. The lowest BCUT2D eigenvalue weighted by atomic mass is 10.0. The van der Waals surface area contributed by atoms with Gasteiger partial charge in [0.05, 0.1) is 24.6 Å². The molecular formula is C32H45N3O6. The Morgan fingerprint density at radius 1 is 1.05 bits per heavy atom. The Hall–Kier alpha value is -3.11. The number of aromatic hydroxyl groups is 1. The first-order valence-electron chi connectivity index (χ1n) is 14.7. The smallest absolute Gasteiger partial charge is 0.335 e. The molecular weight excluding hydrogens is 522 g/mol. The van der Waals surface area contributed by atoms with Gasteiger partial charge in [0.2, 0.25) is 11.7 Å². The predicted molar refractivity (Wildman–Crippen MR) is 159 cm³/mol. The summed E-state index contributed by atoms with van der Waals surface area (Å²) in [4.78, 5) is 12.2. The number of ether oxygens (including phenoxy) is 3. The van der Waals surface area contributed by atoms with Crippen LogP contribution in [0.1, 0.15) is 75.2 Å². The van der Waals surface area contributed by atoms with Crippen molar-refractivity contribution >= 4 is 0 Å². The van der Waals surface area contributed by atoms with Gasteiger partial charge in [-0.05, 0) is 74.0 Å². The molecule has 0 saturated carbocycles. The van der Waals surface area contributed by atoms with E-state index in [0.29, 0.717) is 13.2 Å². The van der Waals surface area contributed by atoms with E-state index in [2.05, 4.69) is 11.4 Å². The summed E-state index contributed by atoms with van der Waals surface area (Å²) < 4.78 is 20.0. The van der Waals surface area contributed by atoms with E-state index >= 15 is 0 Å². The minimum absolute atomic E-state index is 0.0529. The van der Waals surface area contributed by atoms with Crippen molar-refractivity contribution in [1.29, 1.82) is 0 Å². The number of benzene rings is 2. The third kappa shape index (κ3) is 8.94. The highest BCUT2D eigenvalue weighted by atomic mass is 16.7. The summed E-state index contributed by atoms with van der Waals surface area (Å²) in [6, 6.07) is 13.7. The predicted octanol–water partition coefficient (Wildman–Crippen LogP) is 4.75. The van der Waals surface area contributed by atoms with Crippen molar-refractivity contribution < 1.29 is 24.4 Å². The molecule has 0 unspecified atom stereocenters. The third-order valence-corrected chi connectivity index (χ3v) is 7.40. The first-order chi connectivity index (χ1) is 19.7. The molecule has 9 nitrogen and oxygen atoms in total.